The maximum atomic E-state index is 10.7. The molecule has 1 aromatic rings. The van der Waals surface area contributed by atoms with Crippen LogP contribution in [0.2, 0.25) is 0 Å². The summed E-state index contributed by atoms with van der Waals surface area (Å²) in [5, 5.41) is 8.77. The first-order chi connectivity index (χ1) is 7.09. The average molecular weight is 208 g/mol. The predicted octanol–water partition coefficient (Wildman–Crippen LogP) is 0.468. The normalized spacial score (nSPS) is 16.4. The molecule has 2 rings (SSSR count). The molecule has 15 heavy (non-hydrogen) atoms. The van der Waals surface area contributed by atoms with Gasteiger partial charge in [-0.05, 0) is 36.8 Å². The van der Waals surface area contributed by atoms with Gasteiger partial charge in [0.1, 0.15) is 6.04 Å². The molecule has 82 valence electrons. The molecule has 4 nitrogen and oxygen atoms in total. The van der Waals surface area contributed by atoms with E-state index in [1.54, 1.807) is 0 Å². The third-order valence-electron chi connectivity index (χ3n) is 3.11. The Morgan fingerprint density at radius 1 is 1.67 bits per heavy atom. The van der Waals surface area contributed by atoms with Gasteiger partial charge < -0.3 is 15.4 Å². The molecule has 0 radical (unpaired) electrons. The molecule has 4 heteroatoms. The molecule has 1 aliphatic rings. The smallest absolute Gasteiger partial charge is 0.320 e. The van der Waals surface area contributed by atoms with Gasteiger partial charge in [-0.15, -0.1) is 0 Å². The fourth-order valence-corrected chi connectivity index (χ4v) is 2.35. The molecule has 0 aliphatic heterocycles. The van der Waals surface area contributed by atoms with Crippen LogP contribution in [0.4, 0.5) is 0 Å². The van der Waals surface area contributed by atoms with Gasteiger partial charge in [0.25, 0.3) is 0 Å². The van der Waals surface area contributed by atoms with E-state index in [-0.39, 0.29) is 0 Å². The van der Waals surface area contributed by atoms with Crippen molar-refractivity contribution in [1.29, 1.82) is 0 Å². The monoisotopic (exact) mass is 208 g/mol. The summed E-state index contributed by atoms with van der Waals surface area (Å²) in [7, 11) is 2.01. The summed E-state index contributed by atoms with van der Waals surface area (Å²) in [6, 6.07) is -0.780. The largest absolute Gasteiger partial charge is 0.480 e. The van der Waals surface area contributed by atoms with E-state index in [0.29, 0.717) is 6.42 Å². The predicted molar refractivity (Wildman–Crippen MR) is 56.8 cm³/mol. The van der Waals surface area contributed by atoms with E-state index in [0.717, 1.165) is 18.4 Å². The Labute approximate surface area is 88.7 Å². The minimum absolute atomic E-state index is 0.443. The highest BCUT2D eigenvalue weighted by atomic mass is 16.4. The zero-order valence-corrected chi connectivity index (χ0v) is 8.86. The molecule has 0 fully saturated rings. The summed E-state index contributed by atoms with van der Waals surface area (Å²) in [4.78, 5) is 10.7. The molecule has 1 atom stereocenters. The van der Waals surface area contributed by atoms with Crippen molar-refractivity contribution in [3.05, 3.63) is 23.0 Å². The van der Waals surface area contributed by atoms with Crippen molar-refractivity contribution in [3.8, 4) is 0 Å². The van der Waals surface area contributed by atoms with Crippen LogP contribution in [0.5, 0.6) is 0 Å². The van der Waals surface area contributed by atoms with Gasteiger partial charge in [0, 0.05) is 18.9 Å². The number of carbonyl (C=O) groups is 1. The van der Waals surface area contributed by atoms with Gasteiger partial charge in [-0.25, -0.2) is 0 Å². The molecule has 0 aromatic carbocycles. The first-order valence-electron chi connectivity index (χ1n) is 5.24. The maximum absolute atomic E-state index is 10.7. The van der Waals surface area contributed by atoms with Crippen LogP contribution in [0.1, 0.15) is 23.2 Å². The third kappa shape index (κ3) is 1.77. The lowest BCUT2D eigenvalue weighted by Crippen LogP contribution is -2.32. The van der Waals surface area contributed by atoms with E-state index in [1.807, 2.05) is 13.2 Å². The van der Waals surface area contributed by atoms with Crippen molar-refractivity contribution >= 4 is 5.97 Å². The third-order valence-corrected chi connectivity index (χ3v) is 3.11. The highest BCUT2D eigenvalue weighted by Crippen LogP contribution is 2.27. The molecular weight excluding hydrogens is 192 g/mol. The van der Waals surface area contributed by atoms with E-state index in [1.165, 1.54) is 17.7 Å². The molecule has 0 saturated carbocycles. The molecule has 1 unspecified atom stereocenters. The number of aliphatic carboxylic acids is 1. The zero-order chi connectivity index (χ0) is 11.0. The second kappa shape index (κ2) is 3.70. The number of hydrogen-bond donors (Lipinski definition) is 2. The Kier molecular flexibility index (Phi) is 2.52. The first kappa shape index (κ1) is 10.2. The number of nitrogens with zero attached hydrogens (tertiary/aromatic N) is 1. The first-order valence-corrected chi connectivity index (χ1v) is 5.24. The van der Waals surface area contributed by atoms with Crippen LogP contribution in [0.15, 0.2) is 6.20 Å². The van der Waals surface area contributed by atoms with Gasteiger partial charge in [-0.2, -0.15) is 0 Å². The molecule has 1 aromatic heterocycles. The minimum atomic E-state index is -0.925. The molecule has 1 heterocycles. The quantitative estimate of drug-likeness (QED) is 0.758. The summed E-state index contributed by atoms with van der Waals surface area (Å²) in [6.07, 6.45) is 5.81. The van der Waals surface area contributed by atoms with Gasteiger partial charge in [0.05, 0.1) is 0 Å². The fourth-order valence-electron chi connectivity index (χ4n) is 2.35. The number of carboxylic acids is 1. The van der Waals surface area contributed by atoms with Gasteiger partial charge in [0.15, 0.2) is 0 Å². The molecular formula is C11H16N2O2. The summed E-state index contributed by atoms with van der Waals surface area (Å²) in [5.41, 5.74) is 9.33. The Bertz CT molecular complexity index is 396. The van der Waals surface area contributed by atoms with E-state index in [2.05, 4.69) is 4.57 Å². The molecule has 0 saturated heterocycles. The van der Waals surface area contributed by atoms with Gasteiger partial charge in [-0.1, -0.05) is 0 Å². The number of fused-ring (bicyclic) bond motifs is 1. The average Bonchev–Trinajstić information content (AvgIpc) is 2.72. The van der Waals surface area contributed by atoms with Gasteiger partial charge in [-0.3, -0.25) is 4.79 Å². The molecule has 0 spiro atoms. The van der Waals surface area contributed by atoms with E-state index in [4.69, 9.17) is 10.8 Å². The van der Waals surface area contributed by atoms with Gasteiger partial charge >= 0.3 is 5.97 Å². The van der Waals surface area contributed by atoms with Crippen LogP contribution in [-0.4, -0.2) is 21.7 Å². The summed E-state index contributed by atoms with van der Waals surface area (Å²) in [5.74, 6) is -0.925. The fraction of sp³-hybridized carbons (Fsp3) is 0.545. The number of carboxylic acid groups (broad SMARTS) is 1. The van der Waals surface area contributed by atoms with Crippen molar-refractivity contribution in [2.75, 3.05) is 0 Å². The van der Waals surface area contributed by atoms with Crippen molar-refractivity contribution in [1.82, 2.24) is 4.57 Å². The summed E-state index contributed by atoms with van der Waals surface area (Å²) >= 11 is 0. The van der Waals surface area contributed by atoms with Gasteiger partial charge in [0.2, 0.25) is 0 Å². The number of nitrogens with two attached hydrogens (primary N) is 1. The Morgan fingerprint density at radius 2 is 2.40 bits per heavy atom. The SMILES string of the molecule is Cn1cc(CC(N)C(=O)O)c2c1CCC2. The highest BCUT2D eigenvalue weighted by Gasteiger charge is 2.22. The van der Waals surface area contributed by atoms with Crippen LogP contribution in [-0.2, 0) is 31.1 Å². The second-order valence-corrected chi connectivity index (χ2v) is 4.19. The van der Waals surface area contributed by atoms with Crippen molar-refractivity contribution in [3.63, 3.8) is 0 Å². The number of rotatable bonds is 3. The zero-order valence-electron chi connectivity index (χ0n) is 8.86. The molecule has 3 N–H and O–H groups in total. The summed E-state index contributed by atoms with van der Waals surface area (Å²) in [6.45, 7) is 0. The highest BCUT2D eigenvalue weighted by molar-refractivity contribution is 5.73. The lowest BCUT2D eigenvalue weighted by atomic mass is 10.0. The van der Waals surface area contributed by atoms with E-state index >= 15 is 0 Å². The minimum Gasteiger partial charge on any atom is -0.480 e. The molecule has 0 amide bonds. The Morgan fingerprint density at radius 3 is 3.07 bits per heavy atom. The van der Waals surface area contributed by atoms with Crippen LogP contribution in [0.25, 0.3) is 0 Å². The molecule has 0 bridgehead atoms. The number of aromatic nitrogens is 1. The van der Waals surface area contributed by atoms with Crippen LogP contribution >= 0.6 is 0 Å². The van der Waals surface area contributed by atoms with Crippen LogP contribution < -0.4 is 5.73 Å². The lowest BCUT2D eigenvalue weighted by molar-refractivity contribution is -0.138. The summed E-state index contributed by atoms with van der Waals surface area (Å²) < 4.78 is 2.10. The molecule has 1 aliphatic carbocycles. The van der Waals surface area contributed by atoms with E-state index < -0.39 is 12.0 Å². The van der Waals surface area contributed by atoms with Crippen molar-refractivity contribution in [2.24, 2.45) is 12.8 Å². The van der Waals surface area contributed by atoms with Crippen molar-refractivity contribution in [2.45, 2.75) is 31.7 Å². The van der Waals surface area contributed by atoms with Crippen LogP contribution in [0, 0.1) is 0 Å². The van der Waals surface area contributed by atoms with E-state index in [9.17, 15) is 4.79 Å². The topological polar surface area (TPSA) is 68.2 Å². The number of hydrogen-bond acceptors (Lipinski definition) is 2. The van der Waals surface area contributed by atoms with Crippen LogP contribution in [0.3, 0.4) is 0 Å². The number of aryl methyl sites for hydroxylation is 1. The van der Waals surface area contributed by atoms with Crippen molar-refractivity contribution < 1.29 is 9.90 Å². The Hall–Kier alpha value is -1.29. The second-order valence-electron chi connectivity index (χ2n) is 4.19. The standard InChI is InChI=1S/C11H16N2O2/c1-13-6-7(5-9(12)11(14)15)8-3-2-4-10(8)13/h6,9H,2-5,12H2,1H3,(H,14,15). The maximum Gasteiger partial charge on any atom is 0.320 e. The Balaban J connectivity index is 2.22. The lowest BCUT2D eigenvalue weighted by Gasteiger charge is -2.05.